The highest BCUT2D eigenvalue weighted by molar-refractivity contribution is 5.64. The molecule has 0 aromatic rings. The summed E-state index contributed by atoms with van der Waals surface area (Å²) in [7, 11) is 0. The molecule has 1 saturated carbocycles. The van der Waals surface area contributed by atoms with Crippen LogP contribution in [-0.4, -0.2) is 18.2 Å². The Balaban J connectivity index is 2.24. The van der Waals surface area contributed by atoms with Gasteiger partial charge in [0.1, 0.15) is 6.10 Å². The minimum atomic E-state index is -0.695. The van der Waals surface area contributed by atoms with Crippen LogP contribution in [0.15, 0.2) is 0 Å². The van der Waals surface area contributed by atoms with Gasteiger partial charge in [0.05, 0.1) is 0 Å². The highest BCUT2D eigenvalue weighted by Crippen LogP contribution is 2.19. The molecule has 0 aromatic heterocycles. The van der Waals surface area contributed by atoms with E-state index in [1.54, 1.807) is 0 Å². The second-order valence-corrected chi connectivity index (χ2v) is 2.63. The fraction of sp³-hybridized carbons (Fsp3) is 0.833. The molecule has 1 aliphatic rings. The summed E-state index contributed by atoms with van der Waals surface area (Å²) in [6.07, 6.45) is 1.80. The lowest BCUT2D eigenvalue weighted by Crippen LogP contribution is -2.22. The van der Waals surface area contributed by atoms with E-state index in [9.17, 15) is 4.79 Å². The van der Waals surface area contributed by atoms with Gasteiger partial charge in [-0.2, -0.15) is 0 Å². The Kier molecular flexibility index (Phi) is 2.11. The third-order valence-electron chi connectivity index (χ3n) is 1.71. The summed E-state index contributed by atoms with van der Waals surface area (Å²) < 4.78 is 4.74. The van der Waals surface area contributed by atoms with Crippen molar-refractivity contribution in [3.8, 4) is 0 Å². The molecule has 4 N–H and O–H groups in total. The van der Waals surface area contributed by atoms with Gasteiger partial charge in [-0.3, -0.25) is 0 Å². The van der Waals surface area contributed by atoms with Gasteiger partial charge >= 0.3 is 6.09 Å². The van der Waals surface area contributed by atoms with Crippen molar-refractivity contribution < 1.29 is 9.53 Å². The highest BCUT2D eigenvalue weighted by Gasteiger charge is 2.23. The zero-order valence-corrected chi connectivity index (χ0v) is 5.75. The average Bonchev–Trinajstić information content (AvgIpc) is 2.13. The number of carbonyl (C=O) groups is 1. The molecule has 0 bridgehead atoms. The van der Waals surface area contributed by atoms with Crippen LogP contribution in [0.2, 0.25) is 0 Å². The quantitative estimate of drug-likeness (QED) is 0.542. The van der Waals surface area contributed by atoms with Gasteiger partial charge in [0.2, 0.25) is 0 Å². The van der Waals surface area contributed by atoms with Gasteiger partial charge in [-0.05, 0) is 19.3 Å². The lowest BCUT2D eigenvalue weighted by Gasteiger charge is -2.07. The Morgan fingerprint density at radius 3 is 2.60 bits per heavy atom. The molecule has 4 heteroatoms. The van der Waals surface area contributed by atoms with Crippen LogP contribution >= 0.6 is 0 Å². The summed E-state index contributed by atoms with van der Waals surface area (Å²) in [6, 6.07) is 0.185. The number of hydrogen-bond acceptors (Lipinski definition) is 3. The van der Waals surface area contributed by atoms with Crippen molar-refractivity contribution in [1.82, 2.24) is 0 Å². The number of ether oxygens (including phenoxy) is 1. The van der Waals surface area contributed by atoms with Gasteiger partial charge in [-0.15, -0.1) is 0 Å². The summed E-state index contributed by atoms with van der Waals surface area (Å²) in [6.45, 7) is 0. The monoisotopic (exact) mass is 144 g/mol. The first-order valence-electron chi connectivity index (χ1n) is 3.40. The van der Waals surface area contributed by atoms with Gasteiger partial charge in [-0.25, -0.2) is 4.79 Å². The fourth-order valence-corrected chi connectivity index (χ4v) is 1.24. The number of nitrogens with two attached hydrogens (primary N) is 2. The largest absolute Gasteiger partial charge is 0.446 e. The van der Waals surface area contributed by atoms with Crippen LogP contribution in [0.1, 0.15) is 19.3 Å². The molecule has 0 aliphatic heterocycles. The molecule has 1 amide bonds. The minimum Gasteiger partial charge on any atom is -0.446 e. The van der Waals surface area contributed by atoms with Crippen molar-refractivity contribution in [2.75, 3.05) is 0 Å². The van der Waals surface area contributed by atoms with Gasteiger partial charge in [0, 0.05) is 6.04 Å². The van der Waals surface area contributed by atoms with E-state index in [0.717, 1.165) is 19.3 Å². The molecule has 0 spiro atoms. The fourth-order valence-electron chi connectivity index (χ4n) is 1.24. The molecule has 1 rings (SSSR count). The first-order chi connectivity index (χ1) is 4.68. The molecule has 1 fully saturated rings. The Hall–Kier alpha value is -0.770. The molecule has 0 heterocycles. The van der Waals surface area contributed by atoms with E-state index in [4.69, 9.17) is 16.2 Å². The zero-order chi connectivity index (χ0) is 7.56. The summed E-state index contributed by atoms with van der Waals surface area (Å²) in [5.41, 5.74) is 10.4. The molecule has 1 aliphatic carbocycles. The van der Waals surface area contributed by atoms with Crippen molar-refractivity contribution in [2.24, 2.45) is 11.5 Å². The topological polar surface area (TPSA) is 78.3 Å². The molecule has 0 unspecified atom stereocenters. The van der Waals surface area contributed by atoms with Gasteiger partial charge in [0.15, 0.2) is 0 Å². The van der Waals surface area contributed by atoms with Crippen LogP contribution in [0, 0.1) is 0 Å². The molecule has 10 heavy (non-hydrogen) atoms. The second kappa shape index (κ2) is 2.88. The van der Waals surface area contributed by atoms with E-state index in [-0.39, 0.29) is 12.1 Å². The number of carbonyl (C=O) groups excluding carboxylic acids is 1. The van der Waals surface area contributed by atoms with E-state index in [2.05, 4.69) is 0 Å². The normalized spacial score (nSPS) is 32.1. The van der Waals surface area contributed by atoms with Gasteiger partial charge < -0.3 is 16.2 Å². The average molecular weight is 144 g/mol. The summed E-state index contributed by atoms with van der Waals surface area (Å²) in [5.74, 6) is 0. The third-order valence-corrected chi connectivity index (χ3v) is 1.71. The van der Waals surface area contributed by atoms with Crippen molar-refractivity contribution in [3.63, 3.8) is 0 Å². The van der Waals surface area contributed by atoms with Crippen LogP contribution in [-0.2, 0) is 4.74 Å². The van der Waals surface area contributed by atoms with Crippen LogP contribution in [0.4, 0.5) is 4.79 Å². The van der Waals surface area contributed by atoms with Crippen LogP contribution < -0.4 is 11.5 Å². The van der Waals surface area contributed by atoms with E-state index >= 15 is 0 Å². The maximum Gasteiger partial charge on any atom is 0.404 e. The third kappa shape index (κ3) is 1.88. The molecule has 58 valence electrons. The molecular formula is C6H12N2O2. The molecule has 4 nitrogen and oxygen atoms in total. The molecule has 0 aromatic carbocycles. The highest BCUT2D eigenvalue weighted by atomic mass is 16.6. The van der Waals surface area contributed by atoms with Crippen LogP contribution in [0.3, 0.4) is 0 Å². The first kappa shape index (κ1) is 7.34. The lowest BCUT2D eigenvalue weighted by molar-refractivity contribution is 0.109. The zero-order valence-electron chi connectivity index (χ0n) is 5.75. The van der Waals surface area contributed by atoms with E-state index in [1.165, 1.54) is 0 Å². The van der Waals surface area contributed by atoms with E-state index in [0.29, 0.717) is 0 Å². The minimum absolute atomic E-state index is 0.0347. The predicted molar refractivity (Wildman–Crippen MR) is 36.3 cm³/mol. The van der Waals surface area contributed by atoms with Crippen molar-refractivity contribution >= 4 is 6.09 Å². The lowest BCUT2D eigenvalue weighted by atomic mass is 10.3. The number of amides is 1. The number of rotatable bonds is 1. The predicted octanol–water partition coefficient (Wildman–Crippen LogP) is -0.0385. The van der Waals surface area contributed by atoms with Crippen molar-refractivity contribution in [3.05, 3.63) is 0 Å². The first-order valence-corrected chi connectivity index (χ1v) is 3.40. The van der Waals surface area contributed by atoms with E-state index < -0.39 is 6.09 Å². The maximum absolute atomic E-state index is 10.2. The van der Waals surface area contributed by atoms with Gasteiger partial charge in [0.25, 0.3) is 0 Å². The molecule has 0 saturated heterocycles. The SMILES string of the molecule is NC(=O)O[C@H]1CC[C@@H](N)C1. The summed E-state index contributed by atoms with van der Waals surface area (Å²) in [5, 5.41) is 0. The number of primary amides is 1. The van der Waals surface area contributed by atoms with Gasteiger partial charge in [-0.1, -0.05) is 0 Å². The molecule has 2 atom stereocenters. The van der Waals surface area contributed by atoms with E-state index in [1.807, 2.05) is 0 Å². The Bertz CT molecular complexity index is 138. The second-order valence-electron chi connectivity index (χ2n) is 2.63. The van der Waals surface area contributed by atoms with Crippen LogP contribution in [0.25, 0.3) is 0 Å². The van der Waals surface area contributed by atoms with Crippen molar-refractivity contribution in [2.45, 2.75) is 31.4 Å². The smallest absolute Gasteiger partial charge is 0.404 e. The summed E-state index contributed by atoms with van der Waals surface area (Å²) >= 11 is 0. The van der Waals surface area contributed by atoms with Crippen molar-refractivity contribution in [1.29, 1.82) is 0 Å². The standard InChI is InChI=1S/C6H12N2O2/c7-4-1-2-5(3-4)10-6(8)9/h4-5H,1-3,7H2,(H2,8,9)/t4-,5+/m1/s1. The summed E-state index contributed by atoms with van der Waals surface area (Å²) in [4.78, 5) is 10.2. The molecular weight excluding hydrogens is 132 g/mol. The Labute approximate surface area is 59.5 Å². The van der Waals surface area contributed by atoms with Crippen LogP contribution in [0.5, 0.6) is 0 Å². The molecule has 0 radical (unpaired) electrons. The number of hydrogen-bond donors (Lipinski definition) is 2. The maximum atomic E-state index is 10.2. The Morgan fingerprint density at radius 2 is 2.20 bits per heavy atom. The Morgan fingerprint density at radius 1 is 1.50 bits per heavy atom.